The van der Waals surface area contributed by atoms with Gasteiger partial charge in [0, 0.05) is 18.0 Å². The fourth-order valence-corrected chi connectivity index (χ4v) is 2.59. The number of rotatable bonds is 3. The van der Waals surface area contributed by atoms with Gasteiger partial charge in [0.1, 0.15) is 5.75 Å². The molecule has 3 aromatic rings. The van der Waals surface area contributed by atoms with Gasteiger partial charge in [-0.2, -0.15) is 0 Å². The summed E-state index contributed by atoms with van der Waals surface area (Å²) in [7, 11) is 1.93. The average molecular weight is 272 g/mol. The van der Waals surface area contributed by atoms with Gasteiger partial charge < -0.3 is 9.30 Å². The molecule has 0 saturated heterocycles. The zero-order chi connectivity index (χ0) is 13.2. The van der Waals surface area contributed by atoms with E-state index in [0.29, 0.717) is 12.2 Å². The van der Waals surface area contributed by atoms with Crippen LogP contribution in [0.2, 0.25) is 0 Å². The molecule has 2 aromatic heterocycles. The van der Waals surface area contributed by atoms with Gasteiger partial charge in [0.2, 0.25) is 0 Å². The summed E-state index contributed by atoms with van der Waals surface area (Å²) in [6, 6.07) is 9.31. The van der Waals surface area contributed by atoms with Crippen molar-refractivity contribution in [1.29, 1.82) is 0 Å². The first kappa shape index (κ1) is 11.9. The Balaban J connectivity index is 1.75. The number of fused-ring (bicyclic) bond motifs is 1. The second-order valence-corrected chi connectivity index (χ2v) is 5.27. The van der Waals surface area contributed by atoms with E-state index >= 15 is 0 Å². The number of carbonyl (C=O) groups is 1. The largest absolute Gasteiger partial charge is 0.426 e. The van der Waals surface area contributed by atoms with Gasteiger partial charge in [-0.15, -0.1) is 11.3 Å². The molecule has 0 aliphatic carbocycles. The Kier molecular flexibility index (Phi) is 3.05. The van der Waals surface area contributed by atoms with Crippen LogP contribution in [0.5, 0.6) is 5.75 Å². The topological polar surface area (TPSA) is 44.1 Å². The Bertz CT molecular complexity index is 716. The van der Waals surface area contributed by atoms with E-state index in [4.69, 9.17) is 4.74 Å². The Morgan fingerprint density at radius 1 is 1.42 bits per heavy atom. The molecule has 0 N–H and O–H groups in total. The van der Waals surface area contributed by atoms with Crippen LogP contribution in [0.3, 0.4) is 0 Å². The van der Waals surface area contributed by atoms with E-state index in [9.17, 15) is 4.79 Å². The highest BCUT2D eigenvalue weighted by Gasteiger charge is 2.08. The smallest absolute Gasteiger partial charge is 0.316 e. The van der Waals surface area contributed by atoms with Crippen LogP contribution in [-0.2, 0) is 18.3 Å². The molecule has 0 spiro atoms. The molecule has 1 aromatic carbocycles. The molecule has 0 atom stereocenters. The number of benzene rings is 1. The maximum Gasteiger partial charge on any atom is 0.316 e. The van der Waals surface area contributed by atoms with Crippen LogP contribution in [0.4, 0.5) is 0 Å². The SMILES string of the molecule is Cn1cnc2cc(OC(=O)Cc3cccs3)ccc21. The second kappa shape index (κ2) is 4.85. The number of ether oxygens (including phenoxy) is 1. The molecule has 0 amide bonds. The van der Waals surface area contributed by atoms with E-state index < -0.39 is 0 Å². The van der Waals surface area contributed by atoms with Crippen molar-refractivity contribution in [3.05, 3.63) is 46.9 Å². The number of hydrogen-bond donors (Lipinski definition) is 0. The van der Waals surface area contributed by atoms with Crippen LogP contribution < -0.4 is 4.74 Å². The molecule has 0 aliphatic heterocycles. The molecule has 0 saturated carbocycles. The highest BCUT2D eigenvalue weighted by Crippen LogP contribution is 2.20. The Morgan fingerprint density at radius 2 is 2.32 bits per heavy atom. The first-order valence-corrected chi connectivity index (χ1v) is 6.74. The first-order valence-electron chi connectivity index (χ1n) is 5.86. The Labute approximate surface area is 114 Å². The Hall–Kier alpha value is -2.14. The number of thiophene rings is 1. The molecular weight excluding hydrogens is 260 g/mol. The third kappa shape index (κ3) is 2.51. The van der Waals surface area contributed by atoms with E-state index in [2.05, 4.69) is 4.98 Å². The third-order valence-electron chi connectivity index (χ3n) is 2.83. The lowest BCUT2D eigenvalue weighted by atomic mass is 10.3. The number of imidazole rings is 1. The van der Waals surface area contributed by atoms with Gasteiger partial charge in [0.25, 0.3) is 0 Å². The van der Waals surface area contributed by atoms with Crippen molar-refractivity contribution in [2.75, 3.05) is 0 Å². The van der Waals surface area contributed by atoms with Crippen LogP contribution in [0, 0.1) is 0 Å². The summed E-state index contributed by atoms with van der Waals surface area (Å²) in [5.74, 6) is 0.283. The van der Waals surface area contributed by atoms with E-state index in [0.717, 1.165) is 15.9 Å². The number of carbonyl (C=O) groups excluding carboxylic acids is 1. The zero-order valence-corrected chi connectivity index (χ0v) is 11.2. The minimum atomic E-state index is -0.252. The average Bonchev–Trinajstić information content (AvgIpc) is 3.00. The number of aryl methyl sites for hydroxylation is 1. The number of nitrogens with zero attached hydrogens (tertiary/aromatic N) is 2. The van der Waals surface area contributed by atoms with Gasteiger partial charge in [-0.05, 0) is 23.6 Å². The van der Waals surface area contributed by atoms with Crippen molar-refractivity contribution in [2.45, 2.75) is 6.42 Å². The molecule has 4 nitrogen and oxygen atoms in total. The number of aromatic nitrogens is 2. The zero-order valence-electron chi connectivity index (χ0n) is 10.4. The van der Waals surface area contributed by atoms with E-state index in [1.807, 2.05) is 35.2 Å². The quantitative estimate of drug-likeness (QED) is 0.544. The van der Waals surface area contributed by atoms with Crippen molar-refractivity contribution in [2.24, 2.45) is 7.05 Å². The van der Waals surface area contributed by atoms with Crippen molar-refractivity contribution in [3.8, 4) is 5.75 Å². The Morgan fingerprint density at radius 3 is 3.11 bits per heavy atom. The number of esters is 1. The van der Waals surface area contributed by atoms with Crippen LogP contribution in [0.25, 0.3) is 11.0 Å². The second-order valence-electron chi connectivity index (χ2n) is 4.24. The van der Waals surface area contributed by atoms with E-state index in [1.165, 1.54) is 0 Å². The van der Waals surface area contributed by atoms with Gasteiger partial charge in [-0.1, -0.05) is 6.07 Å². The fraction of sp³-hybridized carbons (Fsp3) is 0.143. The van der Waals surface area contributed by atoms with Crippen molar-refractivity contribution in [3.63, 3.8) is 0 Å². The minimum Gasteiger partial charge on any atom is -0.426 e. The highest BCUT2D eigenvalue weighted by molar-refractivity contribution is 7.10. The molecule has 3 rings (SSSR count). The van der Waals surface area contributed by atoms with Crippen molar-refractivity contribution in [1.82, 2.24) is 9.55 Å². The molecule has 0 unspecified atom stereocenters. The standard InChI is InChI=1S/C14H12N2O2S/c1-16-9-15-12-7-10(4-5-13(12)16)18-14(17)8-11-3-2-6-19-11/h2-7,9H,8H2,1H3. The van der Waals surface area contributed by atoms with Crippen molar-refractivity contribution < 1.29 is 9.53 Å². The van der Waals surface area contributed by atoms with Crippen molar-refractivity contribution >= 4 is 28.3 Å². The summed E-state index contributed by atoms with van der Waals surface area (Å²) in [5, 5.41) is 1.95. The van der Waals surface area contributed by atoms with Crippen LogP contribution in [0.15, 0.2) is 42.0 Å². The predicted octanol–water partition coefficient (Wildman–Crippen LogP) is 2.78. The maximum absolute atomic E-state index is 11.8. The molecule has 96 valence electrons. The summed E-state index contributed by atoms with van der Waals surface area (Å²) < 4.78 is 7.25. The van der Waals surface area contributed by atoms with Gasteiger partial charge in [-0.3, -0.25) is 4.79 Å². The summed E-state index contributed by atoms with van der Waals surface area (Å²) in [6.45, 7) is 0. The third-order valence-corrected chi connectivity index (χ3v) is 3.70. The van der Waals surface area contributed by atoms with Gasteiger partial charge in [0.05, 0.1) is 23.8 Å². The first-order chi connectivity index (χ1) is 9.22. The van der Waals surface area contributed by atoms with Crippen LogP contribution in [0.1, 0.15) is 4.88 Å². The summed E-state index contributed by atoms with van der Waals surface area (Å²) >= 11 is 1.55. The minimum absolute atomic E-state index is 0.252. The fourth-order valence-electron chi connectivity index (χ4n) is 1.90. The van der Waals surface area contributed by atoms with Gasteiger partial charge in [-0.25, -0.2) is 4.98 Å². The predicted molar refractivity (Wildman–Crippen MR) is 74.4 cm³/mol. The van der Waals surface area contributed by atoms with Gasteiger partial charge >= 0.3 is 5.97 Å². The normalized spacial score (nSPS) is 10.8. The molecule has 0 bridgehead atoms. The summed E-state index contributed by atoms with van der Waals surface area (Å²) in [6.07, 6.45) is 2.04. The molecule has 2 heterocycles. The van der Waals surface area contributed by atoms with E-state index in [-0.39, 0.29) is 5.97 Å². The molecule has 19 heavy (non-hydrogen) atoms. The molecule has 0 radical (unpaired) electrons. The van der Waals surface area contributed by atoms with E-state index in [1.54, 1.807) is 29.8 Å². The monoisotopic (exact) mass is 272 g/mol. The van der Waals surface area contributed by atoms with Gasteiger partial charge in [0.15, 0.2) is 0 Å². The summed E-state index contributed by atoms with van der Waals surface area (Å²) in [4.78, 5) is 17.0. The van der Waals surface area contributed by atoms with Crippen LogP contribution in [-0.4, -0.2) is 15.5 Å². The maximum atomic E-state index is 11.8. The highest BCUT2D eigenvalue weighted by atomic mass is 32.1. The number of hydrogen-bond acceptors (Lipinski definition) is 4. The molecule has 0 aliphatic rings. The lowest BCUT2D eigenvalue weighted by molar-refractivity contribution is -0.133. The van der Waals surface area contributed by atoms with Crippen LogP contribution >= 0.6 is 11.3 Å². The molecule has 5 heteroatoms. The summed E-state index contributed by atoms with van der Waals surface area (Å²) in [5.41, 5.74) is 1.84. The molecule has 0 fully saturated rings. The lowest BCUT2D eigenvalue weighted by Crippen LogP contribution is -2.10. The molecular formula is C14H12N2O2S. The lowest BCUT2D eigenvalue weighted by Gasteiger charge is -2.03.